The fourth-order valence-electron chi connectivity index (χ4n) is 10.6. The smallest absolute Gasteiger partial charge is 0.306 e. The lowest BCUT2D eigenvalue weighted by Crippen LogP contribution is -2.30. The van der Waals surface area contributed by atoms with Crippen LogP contribution >= 0.6 is 0 Å². The zero-order valence-corrected chi connectivity index (χ0v) is 52.7. The largest absolute Gasteiger partial charge is 0.462 e. The van der Waals surface area contributed by atoms with Crippen LogP contribution in [0.25, 0.3) is 0 Å². The molecular weight excluding hydrogens is 961 g/mol. The molecule has 0 aromatic heterocycles. The van der Waals surface area contributed by atoms with Gasteiger partial charge in [0.25, 0.3) is 0 Å². The second-order valence-electron chi connectivity index (χ2n) is 23.8. The summed E-state index contributed by atoms with van der Waals surface area (Å²) in [4.78, 5) is 38.2. The second kappa shape index (κ2) is 67.1. The lowest BCUT2D eigenvalue weighted by atomic mass is 10.0. The molecule has 0 rings (SSSR count). The van der Waals surface area contributed by atoms with E-state index in [1.807, 2.05) is 0 Å². The molecule has 0 saturated carbocycles. The van der Waals surface area contributed by atoms with Crippen molar-refractivity contribution in [3.63, 3.8) is 0 Å². The van der Waals surface area contributed by atoms with E-state index in [1.54, 1.807) is 0 Å². The molecular formula is C72H134O6. The summed E-state index contributed by atoms with van der Waals surface area (Å²) in [6.45, 7) is 6.68. The van der Waals surface area contributed by atoms with Crippen molar-refractivity contribution in [2.45, 2.75) is 393 Å². The molecule has 1 unspecified atom stereocenters. The van der Waals surface area contributed by atoms with E-state index in [1.165, 1.54) is 276 Å². The third-order valence-corrected chi connectivity index (χ3v) is 15.9. The summed E-state index contributed by atoms with van der Waals surface area (Å²) in [5.41, 5.74) is 0. The van der Waals surface area contributed by atoms with Crippen LogP contribution in [0.4, 0.5) is 0 Å². The van der Waals surface area contributed by atoms with E-state index in [-0.39, 0.29) is 31.1 Å². The number of unbranched alkanes of at least 4 members (excludes halogenated alkanes) is 48. The number of ether oxygens (including phenoxy) is 3. The first kappa shape index (κ1) is 75.6. The Morgan fingerprint density at radius 1 is 0.256 bits per heavy atom. The first-order valence-corrected chi connectivity index (χ1v) is 35.0. The SMILES string of the molecule is CCCCCCC/C=C\C/C=C\C/C=C\CCCCCCCCCCCCCCCCCCCCC(=O)OCC(COC(=O)CCCCCCCCCCC)OC(=O)CCCCCCCCCCCCCCCCCCCC. The Kier molecular flexibility index (Phi) is 65.1. The Morgan fingerprint density at radius 3 is 0.718 bits per heavy atom. The molecule has 0 fully saturated rings. The molecule has 0 heterocycles. The molecule has 0 aliphatic carbocycles. The van der Waals surface area contributed by atoms with Crippen LogP contribution in [0.2, 0.25) is 0 Å². The predicted octanol–water partition coefficient (Wildman–Crippen LogP) is 23.9. The summed E-state index contributed by atoms with van der Waals surface area (Å²) >= 11 is 0. The van der Waals surface area contributed by atoms with E-state index in [0.29, 0.717) is 19.3 Å². The average molecular weight is 1100 g/mol. The quantitative estimate of drug-likeness (QED) is 0.0261. The maximum Gasteiger partial charge on any atom is 0.306 e. The second-order valence-corrected chi connectivity index (χ2v) is 23.8. The monoisotopic (exact) mass is 1100 g/mol. The van der Waals surface area contributed by atoms with E-state index in [0.717, 1.165) is 70.6 Å². The van der Waals surface area contributed by atoms with Gasteiger partial charge >= 0.3 is 17.9 Å². The molecule has 0 aromatic carbocycles. The number of rotatable bonds is 65. The van der Waals surface area contributed by atoms with Gasteiger partial charge in [-0.25, -0.2) is 0 Å². The molecule has 78 heavy (non-hydrogen) atoms. The fraction of sp³-hybridized carbons (Fsp3) is 0.875. The average Bonchev–Trinajstić information content (AvgIpc) is 3.44. The summed E-state index contributed by atoms with van der Waals surface area (Å²) in [6, 6.07) is 0. The lowest BCUT2D eigenvalue weighted by molar-refractivity contribution is -0.167. The molecule has 0 spiro atoms. The minimum Gasteiger partial charge on any atom is -0.462 e. The van der Waals surface area contributed by atoms with Gasteiger partial charge in [0.05, 0.1) is 0 Å². The number of esters is 3. The Labute approximate surface area is 486 Å². The van der Waals surface area contributed by atoms with Gasteiger partial charge in [-0.3, -0.25) is 14.4 Å². The van der Waals surface area contributed by atoms with E-state index >= 15 is 0 Å². The van der Waals surface area contributed by atoms with Gasteiger partial charge in [-0.1, -0.05) is 346 Å². The first-order valence-electron chi connectivity index (χ1n) is 35.0. The van der Waals surface area contributed by atoms with Crippen LogP contribution in [0.3, 0.4) is 0 Å². The van der Waals surface area contributed by atoms with Gasteiger partial charge in [0.2, 0.25) is 0 Å². The summed E-state index contributed by atoms with van der Waals surface area (Å²) < 4.78 is 16.9. The zero-order valence-electron chi connectivity index (χ0n) is 52.7. The first-order chi connectivity index (χ1) is 38.5. The third kappa shape index (κ3) is 64.5. The van der Waals surface area contributed by atoms with Crippen molar-refractivity contribution in [1.29, 1.82) is 0 Å². The van der Waals surface area contributed by atoms with Gasteiger partial charge in [0.1, 0.15) is 13.2 Å². The minimum absolute atomic E-state index is 0.0649. The van der Waals surface area contributed by atoms with Crippen molar-refractivity contribution in [1.82, 2.24) is 0 Å². The zero-order chi connectivity index (χ0) is 56.4. The normalized spacial score (nSPS) is 12.2. The highest BCUT2D eigenvalue weighted by Gasteiger charge is 2.19. The van der Waals surface area contributed by atoms with Crippen LogP contribution in [0.15, 0.2) is 36.5 Å². The Balaban J connectivity index is 4.03. The molecule has 6 heteroatoms. The number of allylic oxidation sites excluding steroid dienone is 6. The van der Waals surface area contributed by atoms with Crippen LogP contribution in [0.5, 0.6) is 0 Å². The highest BCUT2D eigenvalue weighted by Crippen LogP contribution is 2.18. The molecule has 0 aliphatic heterocycles. The van der Waals surface area contributed by atoms with Crippen molar-refractivity contribution < 1.29 is 28.6 Å². The maximum atomic E-state index is 12.9. The predicted molar refractivity (Wildman–Crippen MR) is 339 cm³/mol. The summed E-state index contributed by atoms with van der Waals surface area (Å²) in [5.74, 6) is -0.839. The topological polar surface area (TPSA) is 78.9 Å². The molecule has 0 saturated heterocycles. The van der Waals surface area contributed by atoms with Crippen molar-refractivity contribution >= 4 is 17.9 Å². The van der Waals surface area contributed by atoms with E-state index in [9.17, 15) is 14.4 Å². The number of carbonyl (C=O) groups excluding carboxylic acids is 3. The van der Waals surface area contributed by atoms with Crippen LogP contribution in [0, 0.1) is 0 Å². The number of carbonyl (C=O) groups is 3. The van der Waals surface area contributed by atoms with E-state index in [2.05, 4.69) is 57.2 Å². The Bertz CT molecular complexity index is 1300. The highest BCUT2D eigenvalue weighted by atomic mass is 16.6. The maximum absolute atomic E-state index is 12.9. The van der Waals surface area contributed by atoms with E-state index in [4.69, 9.17) is 14.2 Å². The Morgan fingerprint density at radius 2 is 0.462 bits per heavy atom. The van der Waals surface area contributed by atoms with Crippen molar-refractivity contribution in [3.05, 3.63) is 36.5 Å². The third-order valence-electron chi connectivity index (χ3n) is 15.9. The highest BCUT2D eigenvalue weighted by molar-refractivity contribution is 5.71. The van der Waals surface area contributed by atoms with Gasteiger partial charge in [-0.2, -0.15) is 0 Å². The molecule has 458 valence electrons. The molecule has 1 atom stereocenters. The molecule has 0 aromatic rings. The van der Waals surface area contributed by atoms with Crippen LogP contribution < -0.4 is 0 Å². The Hall–Kier alpha value is -2.37. The van der Waals surface area contributed by atoms with Crippen molar-refractivity contribution in [3.8, 4) is 0 Å². The number of hydrogen-bond donors (Lipinski definition) is 0. The van der Waals surface area contributed by atoms with Crippen molar-refractivity contribution in [2.75, 3.05) is 13.2 Å². The van der Waals surface area contributed by atoms with Crippen LogP contribution in [-0.2, 0) is 28.6 Å². The molecule has 0 bridgehead atoms. The van der Waals surface area contributed by atoms with E-state index < -0.39 is 6.10 Å². The van der Waals surface area contributed by atoms with Crippen molar-refractivity contribution in [2.24, 2.45) is 0 Å². The van der Waals surface area contributed by atoms with Gasteiger partial charge in [0, 0.05) is 19.3 Å². The lowest BCUT2D eigenvalue weighted by Gasteiger charge is -2.18. The fourth-order valence-corrected chi connectivity index (χ4v) is 10.6. The molecule has 0 N–H and O–H groups in total. The van der Waals surface area contributed by atoms with Gasteiger partial charge in [-0.15, -0.1) is 0 Å². The van der Waals surface area contributed by atoms with Gasteiger partial charge in [0.15, 0.2) is 6.10 Å². The van der Waals surface area contributed by atoms with Gasteiger partial charge < -0.3 is 14.2 Å². The molecule has 0 radical (unpaired) electrons. The standard InChI is InChI=1S/C72H134O6/c1-4-7-10-13-16-19-21-23-25-27-29-30-31-32-33-34-35-36-37-38-39-40-41-42-43-45-46-48-50-53-56-59-62-65-71(74)77-68-69(67-76-70(73)64-61-58-55-52-18-15-12-9-6-3)78-72(75)66-63-60-57-54-51-49-47-44-28-26-24-22-20-17-14-11-8-5-2/h21,23,27,29,31-32,69H,4-20,22,24-26,28,30,33-68H2,1-3H3/b23-21-,29-27-,32-31-. The van der Waals surface area contributed by atoms with Gasteiger partial charge in [-0.05, 0) is 57.8 Å². The number of hydrogen-bond acceptors (Lipinski definition) is 6. The summed E-state index contributed by atoms with van der Waals surface area (Å²) in [7, 11) is 0. The minimum atomic E-state index is -0.766. The summed E-state index contributed by atoms with van der Waals surface area (Å²) in [5, 5.41) is 0. The molecule has 0 aliphatic rings. The van der Waals surface area contributed by atoms with Crippen LogP contribution in [-0.4, -0.2) is 37.2 Å². The van der Waals surface area contributed by atoms with Crippen LogP contribution in [0.1, 0.15) is 387 Å². The molecule has 0 amide bonds. The summed E-state index contributed by atoms with van der Waals surface area (Å²) in [6.07, 6.45) is 83.3. The molecule has 6 nitrogen and oxygen atoms in total.